The number of rotatable bonds is 3. The van der Waals surface area contributed by atoms with Crippen LogP contribution >= 0.6 is 11.8 Å². The highest BCUT2D eigenvalue weighted by Crippen LogP contribution is 2.35. The number of aromatic nitrogens is 1. The molecular formula is C12H15NO4S. The Morgan fingerprint density at radius 2 is 1.78 bits per heavy atom. The predicted molar refractivity (Wildman–Crippen MR) is 67.2 cm³/mol. The second kappa shape index (κ2) is 5.06. The minimum atomic E-state index is -0.485. The third kappa shape index (κ3) is 1.80. The van der Waals surface area contributed by atoms with Crippen LogP contribution in [-0.4, -0.2) is 37.0 Å². The van der Waals surface area contributed by atoms with Crippen LogP contribution in [-0.2, 0) is 22.4 Å². The van der Waals surface area contributed by atoms with Gasteiger partial charge in [-0.25, -0.2) is 9.59 Å². The monoisotopic (exact) mass is 269 g/mol. The van der Waals surface area contributed by atoms with E-state index in [1.807, 2.05) is 10.8 Å². The summed E-state index contributed by atoms with van der Waals surface area (Å²) in [6, 6.07) is 0. The van der Waals surface area contributed by atoms with Gasteiger partial charge in [-0.2, -0.15) is 0 Å². The third-order valence-corrected chi connectivity index (χ3v) is 3.90. The SMILES string of the molecule is COC(=O)c1c(C(=O)OC)c(SC)n2c1CCC2. The molecule has 0 atom stereocenters. The number of carbonyl (C=O) groups is 2. The minimum absolute atomic E-state index is 0.339. The molecule has 0 aromatic carbocycles. The number of thioether (sulfide) groups is 1. The molecule has 0 fully saturated rings. The summed E-state index contributed by atoms with van der Waals surface area (Å²) < 4.78 is 11.6. The van der Waals surface area contributed by atoms with Gasteiger partial charge < -0.3 is 14.0 Å². The van der Waals surface area contributed by atoms with Gasteiger partial charge in [-0.1, -0.05) is 0 Å². The molecule has 0 saturated carbocycles. The molecule has 0 saturated heterocycles. The van der Waals surface area contributed by atoms with Gasteiger partial charge in [0, 0.05) is 12.2 Å². The number of fused-ring (bicyclic) bond motifs is 1. The summed E-state index contributed by atoms with van der Waals surface area (Å²) in [5.74, 6) is -0.956. The lowest BCUT2D eigenvalue weighted by atomic mass is 10.1. The maximum absolute atomic E-state index is 11.9. The van der Waals surface area contributed by atoms with Crippen molar-refractivity contribution in [3.63, 3.8) is 0 Å². The Bertz CT molecular complexity index is 490. The van der Waals surface area contributed by atoms with E-state index in [-0.39, 0.29) is 0 Å². The fourth-order valence-corrected chi connectivity index (χ4v) is 3.18. The fourth-order valence-electron chi connectivity index (χ4n) is 2.37. The lowest BCUT2D eigenvalue weighted by Crippen LogP contribution is -2.11. The van der Waals surface area contributed by atoms with E-state index < -0.39 is 11.9 Å². The van der Waals surface area contributed by atoms with Crippen molar-refractivity contribution in [1.82, 2.24) is 4.57 Å². The van der Waals surface area contributed by atoms with Gasteiger partial charge in [0.15, 0.2) is 0 Å². The van der Waals surface area contributed by atoms with E-state index in [2.05, 4.69) is 0 Å². The topological polar surface area (TPSA) is 57.5 Å². The number of nitrogens with zero attached hydrogens (tertiary/aromatic N) is 1. The normalized spacial score (nSPS) is 13.3. The molecule has 0 aliphatic carbocycles. The molecule has 2 heterocycles. The maximum atomic E-state index is 11.9. The largest absolute Gasteiger partial charge is 0.465 e. The fraction of sp³-hybridized carbons (Fsp3) is 0.500. The van der Waals surface area contributed by atoms with E-state index in [0.717, 1.165) is 30.1 Å². The molecule has 1 aliphatic rings. The summed E-state index contributed by atoms with van der Waals surface area (Å²) in [5.41, 5.74) is 1.59. The van der Waals surface area contributed by atoms with E-state index in [4.69, 9.17) is 9.47 Å². The Morgan fingerprint density at radius 1 is 1.17 bits per heavy atom. The molecule has 0 radical (unpaired) electrons. The Kier molecular flexibility index (Phi) is 3.65. The van der Waals surface area contributed by atoms with Crippen LogP contribution in [0.25, 0.3) is 0 Å². The summed E-state index contributed by atoms with van der Waals surface area (Å²) in [6.45, 7) is 0.826. The van der Waals surface area contributed by atoms with Crippen molar-refractivity contribution in [3.8, 4) is 0 Å². The molecule has 1 aromatic rings. The first-order chi connectivity index (χ1) is 8.65. The molecule has 0 unspecified atom stereocenters. The van der Waals surface area contributed by atoms with Gasteiger partial charge in [0.05, 0.1) is 24.8 Å². The Hall–Kier alpha value is -1.43. The second-order valence-corrected chi connectivity index (χ2v) is 4.74. The van der Waals surface area contributed by atoms with E-state index in [0.29, 0.717) is 11.1 Å². The lowest BCUT2D eigenvalue weighted by Gasteiger charge is -2.05. The lowest BCUT2D eigenvalue weighted by molar-refractivity contribution is 0.0553. The van der Waals surface area contributed by atoms with Gasteiger partial charge >= 0.3 is 11.9 Å². The number of hydrogen-bond acceptors (Lipinski definition) is 5. The Morgan fingerprint density at radius 3 is 2.33 bits per heavy atom. The van der Waals surface area contributed by atoms with Crippen molar-refractivity contribution >= 4 is 23.7 Å². The smallest absolute Gasteiger partial charge is 0.341 e. The molecule has 1 aromatic heterocycles. The molecule has 1 aliphatic heterocycles. The molecule has 0 amide bonds. The average molecular weight is 269 g/mol. The molecule has 0 bridgehead atoms. The van der Waals surface area contributed by atoms with Crippen LogP contribution in [0.2, 0.25) is 0 Å². The molecule has 18 heavy (non-hydrogen) atoms. The zero-order valence-corrected chi connectivity index (χ0v) is 11.4. The van der Waals surface area contributed by atoms with Gasteiger partial charge in [0.1, 0.15) is 5.56 Å². The van der Waals surface area contributed by atoms with Crippen LogP contribution in [0.5, 0.6) is 0 Å². The summed E-state index contributed by atoms with van der Waals surface area (Å²) in [4.78, 5) is 23.8. The highest BCUT2D eigenvalue weighted by atomic mass is 32.2. The number of carbonyl (C=O) groups excluding carboxylic acids is 2. The first-order valence-electron chi connectivity index (χ1n) is 5.61. The molecular weight excluding hydrogens is 254 g/mol. The zero-order chi connectivity index (χ0) is 13.3. The van der Waals surface area contributed by atoms with Crippen LogP contribution in [0.4, 0.5) is 0 Å². The van der Waals surface area contributed by atoms with Crippen molar-refractivity contribution in [3.05, 3.63) is 16.8 Å². The summed E-state index contributed by atoms with van der Waals surface area (Å²) in [7, 11) is 2.64. The van der Waals surface area contributed by atoms with Crippen molar-refractivity contribution in [2.24, 2.45) is 0 Å². The highest BCUT2D eigenvalue weighted by molar-refractivity contribution is 7.98. The number of hydrogen-bond donors (Lipinski definition) is 0. The van der Waals surface area contributed by atoms with E-state index in [9.17, 15) is 9.59 Å². The number of ether oxygens (including phenoxy) is 2. The van der Waals surface area contributed by atoms with E-state index in [1.54, 1.807) is 0 Å². The van der Waals surface area contributed by atoms with E-state index in [1.165, 1.54) is 26.0 Å². The summed E-state index contributed by atoms with van der Waals surface area (Å²) in [5, 5.41) is 0.787. The second-order valence-electron chi connectivity index (χ2n) is 3.94. The molecule has 0 N–H and O–H groups in total. The van der Waals surface area contributed by atoms with Gasteiger partial charge in [0.25, 0.3) is 0 Å². The van der Waals surface area contributed by atoms with Crippen LogP contribution in [0.3, 0.4) is 0 Å². The van der Waals surface area contributed by atoms with Crippen molar-refractivity contribution in [2.75, 3.05) is 20.5 Å². The molecule has 5 nitrogen and oxygen atoms in total. The maximum Gasteiger partial charge on any atom is 0.341 e. The first kappa shape index (κ1) is 13.0. The van der Waals surface area contributed by atoms with Gasteiger partial charge in [-0.05, 0) is 19.1 Å². The summed E-state index contributed by atoms with van der Waals surface area (Å²) >= 11 is 1.45. The van der Waals surface area contributed by atoms with Crippen LogP contribution in [0, 0.1) is 0 Å². The molecule has 2 rings (SSSR count). The van der Waals surface area contributed by atoms with Crippen LogP contribution in [0.1, 0.15) is 32.8 Å². The number of esters is 2. The first-order valence-corrected chi connectivity index (χ1v) is 6.84. The molecule has 0 spiro atoms. The van der Waals surface area contributed by atoms with Crippen molar-refractivity contribution in [2.45, 2.75) is 24.4 Å². The molecule has 6 heteroatoms. The van der Waals surface area contributed by atoms with Crippen molar-refractivity contribution < 1.29 is 19.1 Å². The zero-order valence-electron chi connectivity index (χ0n) is 10.6. The standard InChI is InChI=1S/C12H15NO4S/c1-16-11(14)8-7-5-4-6-13(7)10(18-3)9(8)12(15)17-2/h4-6H2,1-3H3. The van der Waals surface area contributed by atoms with Crippen LogP contribution in [0.15, 0.2) is 5.03 Å². The molecule has 98 valence electrons. The van der Waals surface area contributed by atoms with E-state index >= 15 is 0 Å². The van der Waals surface area contributed by atoms with Gasteiger partial charge in [0.2, 0.25) is 0 Å². The highest BCUT2D eigenvalue weighted by Gasteiger charge is 2.33. The Balaban J connectivity index is 2.68. The van der Waals surface area contributed by atoms with Gasteiger partial charge in [-0.15, -0.1) is 11.8 Å². The average Bonchev–Trinajstić information content (AvgIpc) is 2.95. The van der Waals surface area contributed by atoms with Crippen LogP contribution < -0.4 is 0 Å². The van der Waals surface area contributed by atoms with Crippen molar-refractivity contribution in [1.29, 1.82) is 0 Å². The predicted octanol–water partition coefficient (Wildman–Crippen LogP) is 1.73. The number of methoxy groups -OCH3 is 2. The van der Waals surface area contributed by atoms with Gasteiger partial charge in [-0.3, -0.25) is 0 Å². The Labute approximate surface area is 109 Å². The quantitative estimate of drug-likeness (QED) is 0.618. The minimum Gasteiger partial charge on any atom is -0.465 e. The summed E-state index contributed by atoms with van der Waals surface area (Å²) in [6.07, 6.45) is 3.65. The third-order valence-electron chi connectivity index (χ3n) is 3.09.